The Morgan fingerprint density at radius 1 is 1.06 bits per heavy atom. The maximum Gasteiger partial charge on any atom is 0.331 e. The summed E-state index contributed by atoms with van der Waals surface area (Å²) in [6.07, 6.45) is 1.69. The maximum absolute atomic E-state index is 12.7. The summed E-state index contributed by atoms with van der Waals surface area (Å²) in [5, 5.41) is 2.61. The third-order valence-corrected chi connectivity index (χ3v) is 7.11. The Labute approximate surface area is 197 Å². The van der Waals surface area contributed by atoms with Gasteiger partial charge in [-0.05, 0) is 55.0 Å². The number of ether oxygens (including phenoxy) is 4. The molecule has 0 aliphatic carbocycles. The molecule has 1 saturated heterocycles. The number of benzene rings is 2. The number of hydrogen-bond donors (Lipinski definition) is 1. The number of carbonyl (C=O) groups excluding carboxylic acids is 2. The minimum atomic E-state index is -3.62. The van der Waals surface area contributed by atoms with E-state index in [9.17, 15) is 18.0 Å². The summed E-state index contributed by atoms with van der Waals surface area (Å²) in [5.74, 6) is -0.00958. The monoisotopic (exact) mass is 488 g/mol. The molecule has 1 amide bonds. The number of esters is 1. The lowest BCUT2D eigenvalue weighted by molar-refractivity contribution is -0.148. The summed E-state index contributed by atoms with van der Waals surface area (Å²) in [5.41, 5.74) is 1.09. The Kier molecular flexibility index (Phi) is 7.15. The number of nitrogens with zero attached hydrogens (tertiary/aromatic N) is 1. The van der Waals surface area contributed by atoms with Crippen LogP contribution < -0.4 is 14.8 Å². The fraction of sp³-hybridized carbons (Fsp3) is 0.304. The number of nitrogens with one attached hydrogen (secondary N) is 1. The second kappa shape index (κ2) is 10.2. The van der Waals surface area contributed by atoms with Crippen molar-refractivity contribution in [2.45, 2.75) is 17.9 Å². The topological polar surface area (TPSA) is 120 Å². The van der Waals surface area contributed by atoms with Gasteiger partial charge in [-0.3, -0.25) is 4.79 Å². The van der Waals surface area contributed by atoms with Gasteiger partial charge in [0.2, 0.25) is 16.8 Å². The fourth-order valence-electron chi connectivity index (χ4n) is 3.34. The van der Waals surface area contributed by atoms with Gasteiger partial charge in [-0.1, -0.05) is 6.07 Å². The van der Waals surface area contributed by atoms with Gasteiger partial charge < -0.3 is 24.3 Å². The molecule has 10 nitrogen and oxygen atoms in total. The van der Waals surface area contributed by atoms with Crippen molar-refractivity contribution < 1.29 is 37.0 Å². The van der Waals surface area contributed by atoms with Gasteiger partial charge in [0, 0.05) is 24.9 Å². The van der Waals surface area contributed by atoms with Crippen LogP contribution in [0.25, 0.3) is 6.08 Å². The zero-order chi connectivity index (χ0) is 24.1. The maximum atomic E-state index is 12.7. The summed E-state index contributed by atoms with van der Waals surface area (Å²) in [7, 11) is -3.62. The lowest BCUT2D eigenvalue weighted by Crippen LogP contribution is -2.40. The molecule has 1 unspecified atom stereocenters. The van der Waals surface area contributed by atoms with Crippen LogP contribution in [0.4, 0.5) is 5.69 Å². The zero-order valence-electron chi connectivity index (χ0n) is 18.4. The molecule has 0 bridgehead atoms. The van der Waals surface area contributed by atoms with E-state index in [1.165, 1.54) is 41.6 Å². The molecular weight excluding hydrogens is 464 g/mol. The normalized spacial score (nSPS) is 16.9. The number of fused-ring (bicyclic) bond motifs is 1. The van der Waals surface area contributed by atoms with Crippen LogP contribution in [0.3, 0.4) is 0 Å². The van der Waals surface area contributed by atoms with Crippen molar-refractivity contribution in [2.75, 3.05) is 38.4 Å². The van der Waals surface area contributed by atoms with E-state index in [-0.39, 0.29) is 11.7 Å². The number of sulfonamides is 1. The van der Waals surface area contributed by atoms with Crippen molar-refractivity contribution in [3.8, 4) is 11.5 Å². The Balaban J connectivity index is 1.30. The molecule has 11 heteroatoms. The second-order valence-electron chi connectivity index (χ2n) is 7.56. The number of hydrogen-bond acceptors (Lipinski definition) is 8. The number of morpholine rings is 1. The molecule has 2 aliphatic heterocycles. The predicted molar refractivity (Wildman–Crippen MR) is 122 cm³/mol. The minimum Gasteiger partial charge on any atom is -0.454 e. The molecule has 0 spiro atoms. The quantitative estimate of drug-likeness (QED) is 0.464. The lowest BCUT2D eigenvalue weighted by Gasteiger charge is -2.26. The molecule has 2 heterocycles. The molecule has 0 saturated carbocycles. The molecule has 1 fully saturated rings. The standard InChI is InChI=1S/C23H24N2O8S/c1-16(33-22(26)9-3-17-2-8-20-21(14-17)32-15-31-20)23(27)24-18-4-6-19(7-5-18)34(28,29)25-10-12-30-13-11-25/h2-9,14,16H,10-13,15H2,1H3,(H,24,27)/b9-3+. The number of carbonyl (C=O) groups is 2. The van der Waals surface area contributed by atoms with Gasteiger partial charge in [0.05, 0.1) is 18.1 Å². The van der Waals surface area contributed by atoms with Crippen molar-refractivity contribution in [3.63, 3.8) is 0 Å². The summed E-state index contributed by atoms with van der Waals surface area (Å²) in [4.78, 5) is 24.6. The van der Waals surface area contributed by atoms with Crippen LogP contribution in [-0.4, -0.2) is 63.8 Å². The van der Waals surface area contributed by atoms with E-state index >= 15 is 0 Å². The number of anilines is 1. The number of rotatable bonds is 7. The Morgan fingerprint density at radius 2 is 1.76 bits per heavy atom. The number of amides is 1. The van der Waals surface area contributed by atoms with Crippen LogP contribution in [0.1, 0.15) is 12.5 Å². The zero-order valence-corrected chi connectivity index (χ0v) is 19.2. The highest BCUT2D eigenvalue weighted by Gasteiger charge is 2.26. The molecule has 0 radical (unpaired) electrons. The van der Waals surface area contributed by atoms with E-state index in [1.807, 2.05) is 0 Å². The van der Waals surface area contributed by atoms with Gasteiger partial charge in [-0.15, -0.1) is 0 Å². The van der Waals surface area contributed by atoms with Gasteiger partial charge in [-0.25, -0.2) is 13.2 Å². The summed E-state index contributed by atoms with van der Waals surface area (Å²) >= 11 is 0. The highest BCUT2D eigenvalue weighted by molar-refractivity contribution is 7.89. The van der Waals surface area contributed by atoms with Crippen LogP contribution in [0, 0.1) is 0 Å². The largest absolute Gasteiger partial charge is 0.454 e. The predicted octanol–water partition coefficient (Wildman–Crippen LogP) is 2.02. The highest BCUT2D eigenvalue weighted by Crippen LogP contribution is 2.32. The van der Waals surface area contributed by atoms with E-state index in [0.717, 1.165) is 0 Å². The summed E-state index contributed by atoms with van der Waals surface area (Å²) in [6, 6.07) is 11.0. The molecule has 180 valence electrons. The molecule has 2 aromatic carbocycles. The third-order valence-electron chi connectivity index (χ3n) is 5.20. The van der Waals surface area contributed by atoms with Gasteiger partial charge >= 0.3 is 5.97 Å². The average molecular weight is 489 g/mol. The van der Waals surface area contributed by atoms with E-state index in [4.69, 9.17) is 18.9 Å². The first-order valence-corrected chi connectivity index (χ1v) is 12.0. The van der Waals surface area contributed by atoms with Crippen LogP contribution >= 0.6 is 0 Å². The van der Waals surface area contributed by atoms with Crippen LogP contribution in [0.2, 0.25) is 0 Å². The van der Waals surface area contributed by atoms with Crippen molar-refractivity contribution in [1.29, 1.82) is 0 Å². The van der Waals surface area contributed by atoms with Crippen molar-refractivity contribution in [2.24, 2.45) is 0 Å². The molecule has 0 aromatic heterocycles. The first-order valence-electron chi connectivity index (χ1n) is 10.6. The fourth-order valence-corrected chi connectivity index (χ4v) is 4.75. The molecular formula is C23H24N2O8S. The second-order valence-corrected chi connectivity index (χ2v) is 9.49. The van der Waals surface area contributed by atoms with Crippen molar-refractivity contribution in [1.82, 2.24) is 4.31 Å². The molecule has 2 aliphatic rings. The van der Waals surface area contributed by atoms with Crippen LogP contribution in [-0.2, 0) is 29.1 Å². The minimum absolute atomic E-state index is 0.125. The lowest BCUT2D eigenvalue weighted by atomic mass is 10.2. The molecule has 4 rings (SSSR count). The van der Waals surface area contributed by atoms with E-state index in [1.54, 1.807) is 24.3 Å². The molecule has 1 atom stereocenters. The van der Waals surface area contributed by atoms with Crippen molar-refractivity contribution in [3.05, 3.63) is 54.1 Å². The Bertz CT molecular complexity index is 1190. The Morgan fingerprint density at radius 3 is 2.50 bits per heavy atom. The highest BCUT2D eigenvalue weighted by atomic mass is 32.2. The summed E-state index contributed by atoms with van der Waals surface area (Å²) < 4.78 is 47.6. The first kappa shape index (κ1) is 23.7. The average Bonchev–Trinajstić information content (AvgIpc) is 3.31. The molecule has 2 aromatic rings. The molecule has 1 N–H and O–H groups in total. The first-order chi connectivity index (χ1) is 16.3. The van der Waals surface area contributed by atoms with Gasteiger partial charge in [-0.2, -0.15) is 4.31 Å². The van der Waals surface area contributed by atoms with Gasteiger partial charge in [0.1, 0.15) is 0 Å². The van der Waals surface area contributed by atoms with E-state index in [2.05, 4.69) is 5.32 Å². The van der Waals surface area contributed by atoms with Crippen LogP contribution in [0.5, 0.6) is 11.5 Å². The van der Waals surface area contributed by atoms with Gasteiger partial charge in [0.25, 0.3) is 5.91 Å². The van der Waals surface area contributed by atoms with E-state index < -0.39 is 28.0 Å². The smallest absolute Gasteiger partial charge is 0.331 e. The Hall–Kier alpha value is -3.41. The SMILES string of the molecule is CC(OC(=O)/C=C/c1ccc2c(c1)OCO2)C(=O)Nc1ccc(S(=O)(=O)N2CCOCC2)cc1. The van der Waals surface area contributed by atoms with Gasteiger partial charge in [0.15, 0.2) is 17.6 Å². The van der Waals surface area contributed by atoms with Crippen LogP contribution in [0.15, 0.2) is 53.4 Å². The van der Waals surface area contributed by atoms with E-state index in [0.29, 0.717) is 49.1 Å². The molecule has 34 heavy (non-hydrogen) atoms. The third kappa shape index (κ3) is 5.56. The summed E-state index contributed by atoms with van der Waals surface area (Å²) in [6.45, 7) is 2.91. The van der Waals surface area contributed by atoms with Crippen molar-refractivity contribution >= 4 is 33.7 Å².